The fourth-order valence-corrected chi connectivity index (χ4v) is 3.24. The van der Waals surface area contributed by atoms with E-state index in [9.17, 15) is 9.59 Å². The Bertz CT molecular complexity index is 515. The van der Waals surface area contributed by atoms with Crippen LogP contribution in [-0.4, -0.2) is 40.0 Å². The first kappa shape index (κ1) is 15.9. The number of carbonyl (C=O) groups excluding carboxylic acids is 2. The summed E-state index contributed by atoms with van der Waals surface area (Å²) in [5, 5.41) is 12.2. The van der Waals surface area contributed by atoms with Crippen LogP contribution < -0.4 is 5.32 Å². The van der Waals surface area contributed by atoms with Crippen molar-refractivity contribution >= 4 is 28.3 Å². The Labute approximate surface area is 128 Å². The Hall–Kier alpha value is -1.50. The van der Waals surface area contributed by atoms with Gasteiger partial charge in [-0.2, -0.15) is 0 Å². The zero-order chi connectivity index (χ0) is 15.4. The van der Waals surface area contributed by atoms with Crippen molar-refractivity contribution in [2.45, 2.75) is 40.0 Å². The van der Waals surface area contributed by atoms with Crippen molar-refractivity contribution in [1.29, 1.82) is 0 Å². The van der Waals surface area contributed by atoms with E-state index in [2.05, 4.69) is 36.3 Å². The van der Waals surface area contributed by atoms with Crippen molar-refractivity contribution in [2.75, 3.05) is 18.4 Å². The van der Waals surface area contributed by atoms with Gasteiger partial charge in [-0.3, -0.25) is 9.59 Å². The van der Waals surface area contributed by atoms with Crippen LogP contribution in [0.3, 0.4) is 0 Å². The number of aromatic nitrogens is 2. The second-order valence-corrected chi connectivity index (χ2v) is 6.90. The second-order valence-electron chi connectivity index (χ2n) is 5.83. The molecule has 1 N–H and O–H groups in total. The van der Waals surface area contributed by atoms with E-state index in [4.69, 9.17) is 0 Å². The molecular weight excluding hydrogens is 288 g/mol. The summed E-state index contributed by atoms with van der Waals surface area (Å²) < 4.78 is 0. The molecule has 1 aliphatic heterocycles. The van der Waals surface area contributed by atoms with Gasteiger partial charge in [0.15, 0.2) is 0 Å². The Morgan fingerprint density at radius 2 is 2.24 bits per heavy atom. The van der Waals surface area contributed by atoms with E-state index >= 15 is 0 Å². The molecule has 0 radical (unpaired) electrons. The van der Waals surface area contributed by atoms with Gasteiger partial charge in [-0.25, -0.2) is 0 Å². The van der Waals surface area contributed by atoms with Gasteiger partial charge in [0.25, 0.3) is 0 Å². The molecule has 6 nitrogen and oxygen atoms in total. The van der Waals surface area contributed by atoms with Gasteiger partial charge in [-0.1, -0.05) is 32.1 Å². The number of anilines is 1. The van der Waals surface area contributed by atoms with E-state index in [1.165, 1.54) is 11.3 Å². The summed E-state index contributed by atoms with van der Waals surface area (Å²) in [4.78, 5) is 25.9. The van der Waals surface area contributed by atoms with Crippen molar-refractivity contribution in [3.05, 3.63) is 5.01 Å². The third-order valence-corrected chi connectivity index (χ3v) is 4.23. The first-order chi connectivity index (χ1) is 9.99. The van der Waals surface area contributed by atoms with Gasteiger partial charge >= 0.3 is 0 Å². The van der Waals surface area contributed by atoms with Crippen LogP contribution >= 0.6 is 11.3 Å². The Balaban J connectivity index is 1.90. The molecule has 1 aromatic rings. The maximum atomic E-state index is 12.2. The number of hydrogen-bond acceptors (Lipinski definition) is 5. The lowest BCUT2D eigenvalue weighted by Crippen LogP contribution is -2.31. The third-order valence-electron chi connectivity index (χ3n) is 3.33. The lowest BCUT2D eigenvalue weighted by molar-refractivity contribution is -0.128. The molecule has 1 aromatic heterocycles. The number of rotatable bonds is 6. The monoisotopic (exact) mass is 310 g/mol. The minimum Gasteiger partial charge on any atom is -0.342 e. The number of hydrogen-bond donors (Lipinski definition) is 1. The minimum absolute atomic E-state index is 0.0628. The van der Waals surface area contributed by atoms with Crippen molar-refractivity contribution in [3.63, 3.8) is 0 Å². The van der Waals surface area contributed by atoms with Gasteiger partial charge < -0.3 is 10.2 Å². The molecule has 2 rings (SSSR count). The van der Waals surface area contributed by atoms with Crippen molar-refractivity contribution in [3.8, 4) is 0 Å². The van der Waals surface area contributed by atoms with Crippen molar-refractivity contribution < 1.29 is 9.59 Å². The standard InChI is InChI=1S/C14H22N4O2S/c1-4-5-11-16-17-14(21-11)15-13(20)10-6-12(19)18(8-10)7-9(2)3/h9-10H,4-8H2,1-3H3,(H,15,17,20). The Morgan fingerprint density at radius 3 is 2.90 bits per heavy atom. The summed E-state index contributed by atoms with van der Waals surface area (Å²) in [6.07, 6.45) is 2.17. The molecule has 0 aromatic carbocycles. The zero-order valence-corrected chi connectivity index (χ0v) is 13.6. The van der Waals surface area contributed by atoms with Crippen LogP contribution in [0.25, 0.3) is 0 Å². The van der Waals surface area contributed by atoms with E-state index in [0.717, 1.165) is 17.8 Å². The van der Waals surface area contributed by atoms with Crippen molar-refractivity contribution in [1.82, 2.24) is 15.1 Å². The maximum absolute atomic E-state index is 12.2. The van der Waals surface area contributed by atoms with Gasteiger partial charge in [0.05, 0.1) is 5.92 Å². The molecule has 0 bridgehead atoms. The summed E-state index contributed by atoms with van der Waals surface area (Å²) in [6.45, 7) is 7.42. The molecule has 21 heavy (non-hydrogen) atoms. The van der Waals surface area contributed by atoms with E-state index < -0.39 is 0 Å². The predicted octanol–water partition coefficient (Wildman–Crippen LogP) is 1.93. The van der Waals surface area contributed by atoms with Crippen LogP contribution in [0.15, 0.2) is 0 Å². The zero-order valence-electron chi connectivity index (χ0n) is 12.8. The smallest absolute Gasteiger partial charge is 0.231 e. The fraction of sp³-hybridized carbons (Fsp3) is 0.714. The highest BCUT2D eigenvalue weighted by atomic mass is 32.1. The normalized spacial score (nSPS) is 18.6. The average molecular weight is 310 g/mol. The van der Waals surface area contributed by atoms with Gasteiger partial charge in [0.1, 0.15) is 5.01 Å². The number of likely N-dealkylation sites (tertiary alicyclic amines) is 1. The Kier molecular flexibility index (Phi) is 5.27. The highest BCUT2D eigenvalue weighted by molar-refractivity contribution is 7.15. The molecule has 1 fully saturated rings. The summed E-state index contributed by atoms with van der Waals surface area (Å²) in [6, 6.07) is 0. The van der Waals surface area contributed by atoms with Crippen LogP contribution in [0.1, 0.15) is 38.6 Å². The lowest BCUT2D eigenvalue weighted by atomic mass is 10.1. The van der Waals surface area contributed by atoms with Gasteiger partial charge in [0, 0.05) is 25.9 Å². The summed E-state index contributed by atoms with van der Waals surface area (Å²) >= 11 is 1.40. The van der Waals surface area contributed by atoms with E-state index in [1.54, 1.807) is 4.90 Å². The van der Waals surface area contributed by atoms with Crippen LogP contribution in [0.4, 0.5) is 5.13 Å². The minimum atomic E-state index is -0.283. The molecule has 2 amide bonds. The molecule has 1 saturated heterocycles. The molecule has 7 heteroatoms. The number of amides is 2. The third kappa shape index (κ3) is 4.23. The average Bonchev–Trinajstić information content (AvgIpc) is 2.97. The highest BCUT2D eigenvalue weighted by Gasteiger charge is 2.34. The van der Waals surface area contributed by atoms with Crippen LogP contribution in [0.5, 0.6) is 0 Å². The first-order valence-corrected chi connectivity index (χ1v) is 8.22. The lowest BCUT2D eigenvalue weighted by Gasteiger charge is -2.18. The topological polar surface area (TPSA) is 75.2 Å². The summed E-state index contributed by atoms with van der Waals surface area (Å²) in [7, 11) is 0. The van der Waals surface area contributed by atoms with Crippen molar-refractivity contribution in [2.24, 2.45) is 11.8 Å². The number of aryl methyl sites for hydroxylation is 1. The van der Waals surface area contributed by atoms with Crippen LogP contribution in [0.2, 0.25) is 0 Å². The van der Waals surface area contributed by atoms with Crippen LogP contribution in [0, 0.1) is 11.8 Å². The van der Waals surface area contributed by atoms with Gasteiger partial charge in [-0.15, -0.1) is 10.2 Å². The first-order valence-electron chi connectivity index (χ1n) is 7.40. The van der Waals surface area contributed by atoms with E-state index in [-0.39, 0.29) is 17.7 Å². The fourth-order valence-electron chi connectivity index (χ4n) is 2.39. The van der Waals surface area contributed by atoms with E-state index in [1.807, 2.05) is 0 Å². The quantitative estimate of drug-likeness (QED) is 0.871. The largest absolute Gasteiger partial charge is 0.342 e. The van der Waals surface area contributed by atoms with Gasteiger partial charge in [-0.05, 0) is 12.3 Å². The molecule has 0 spiro atoms. The molecule has 2 heterocycles. The van der Waals surface area contributed by atoms with E-state index in [0.29, 0.717) is 30.6 Å². The van der Waals surface area contributed by atoms with Crippen LogP contribution in [-0.2, 0) is 16.0 Å². The second kappa shape index (κ2) is 6.98. The summed E-state index contributed by atoms with van der Waals surface area (Å²) in [5.74, 6) is 0.0619. The molecule has 0 aliphatic carbocycles. The predicted molar refractivity (Wildman–Crippen MR) is 82.1 cm³/mol. The number of nitrogens with zero attached hydrogens (tertiary/aromatic N) is 3. The molecular formula is C14H22N4O2S. The number of carbonyl (C=O) groups is 2. The Morgan fingerprint density at radius 1 is 1.48 bits per heavy atom. The molecule has 0 saturated carbocycles. The molecule has 116 valence electrons. The van der Waals surface area contributed by atoms with Gasteiger partial charge in [0.2, 0.25) is 16.9 Å². The molecule has 1 atom stereocenters. The highest BCUT2D eigenvalue weighted by Crippen LogP contribution is 2.22. The maximum Gasteiger partial charge on any atom is 0.231 e. The number of nitrogens with one attached hydrogen (secondary N) is 1. The molecule has 1 aliphatic rings. The summed E-state index contributed by atoms with van der Waals surface area (Å²) in [5.41, 5.74) is 0. The SMILES string of the molecule is CCCc1nnc(NC(=O)C2CC(=O)N(CC(C)C)C2)s1. The molecule has 1 unspecified atom stereocenters.